The number of aromatic nitrogens is 2. The van der Waals surface area contributed by atoms with E-state index in [4.69, 9.17) is 0 Å². The maximum Gasteiger partial charge on any atom is 0.418 e. The number of hydrogen-bond donors (Lipinski definition) is 0. The Balaban J connectivity index is 2.12. The standard InChI is InChI=1S/C12H11F3N4S/c1-7-16-17-11(20-7)19-6-18(2)10-8(12(13,14)15)4-3-5-9(10)19/h3-5H,6H2,1-2H3. The highest BCUT2D eigenvalue weighted by Crippen LogP contribution is 2.47. The lowest BCUT2D eigenvalue weighted by Gasteiger charge is -2.16. The first kappa shape index (κ1) is 13.2. The third-order valence-corrected chi connectivity index (χ3v) is 3.95. The molecule has 4 nitrogen and oxygen atoms in total. The van der Waals surface area contributed by atoms with Crippen molar-refractivity contribution in [1.29, 1.82) is 0 Å². The normalized spacial score (nSPS) is 14.8. The zero-order valence-electron chi connectivity index (χ0n) is 10.8. The molecule has 2 heterocycles. The number of para-hydroxylation sites is 1. The number of benzene rings is 1. The van der Waals surface area contributed by atoms with E-state index >= 15 is 0 Å². The minimum atomic E-state index is -4.37. The van der Waals surface area contributed by atoms with Crippen molar-refractivity contribution in [3.8, 4) is 0 Å². The molecule has 2 aromatic rings. The van der Waals surface area contributed by atoms with Crippen molar-refractivity contribution in [3.05, 3.63) is 28.8 Å². The van der Waals surface area contributed by atoms with Crippen LogP contribution < -0.4 is 9.80 Å². The van der Waals surface area contributed by atoms with Crippen molar-refractivity contribution in [3.63, 3.8) is 0 Å². The second kappa shape index (κ2) is 4.34. The zero-order valence-corrected chi connectivity index (χ0v) is 11.6. The fourth-order valence-electron chi connectivity index (χ4n) is 2.30. The van der Waals surface area contributed by atoms with Gasteiger partial charge < -0.3 is 4.90 Å². The maximum atomic E-state index is 13.1. The summed E-state index contributed by atoms with van der Waals surface area (Å²) in [5.41, 5.74) is 0.0764. The van der Waals surface area contributed by atoms with Crippen LogP contribution in [0.15, 0.2) is 18.2 Å². The lowest BCUT2D eigenvalue weighted by Crippen LogP contribution is -2.24. The lowest BCUT2D eigenvalue weighted by molar-refractivity contribution is -0.137. The van der Waals surface area contributed by atoms with E-state index in [9.17, 15) is 13.2 Å². The van der Waals surface area contributed by atoms with Crippen LogP contribution in [0.2, 0.25) is 0 Å². The topological polar surface area (TPSA) is 32.3 Å². The van der Waals surface area contributed by atoms with Crippen LogP contribution in [0.25, 0.3) is 0 Å². The van der Waals surface area contributed by atoms with Crippen LogP contribution in [0.1, 0.15) is 10.6 Å². The second-order valence-electron chi connectivity index (χ2n) is 4.54. The van der Waals surface area contributed by atoms with Crippen LogP contribution in [0.3, 0.4) is 0 Å². The molecule has 0 N–H and O–H groups in total. The van der Waals surface area contributed by atoms with Crippen molar-refractivity contribution in [1.82, 2.24) is 10.2 Å². The Morgan fingerprint density at radius 1 is 1.25 bits per heavy atom. The molecule has 1 aliphatic heterocycles. The molecule has 1 aromatic heterocycles. The summed E-state index contributed by atoms with van der Waals surface area (Å²) in [5, 5.41) is 9.31. The molecule has 0 radical (unpaired) electrons. The fraction of sp³-hybridized carbons (Fsp3) is 0.333. The molecule has 3 rings (SSSR count). The van der Waals surface area contributed by atoms with E-state index in [-0.39, 0.29) is 5.69 Å². The van der Waals surface area contributed by atoms with Gasteiger partial charge in [0, 0.05) is 7.05 Å². The van der Waals surface area contributed by atoms with Crippen LogP contribution in [-0.2, 0) is 6.18 Å². The smallest absolute Gasteiger partial charge is 0.354 e. The highest BCUT2D eigenvalue weighted by molar-refractivity contribution is 7.15. The zero-order chi connectivity index (χ0) is 14.5. The Labute approximate surface area is 117 Å². The molecule has 1 aliphatic rings. The Kier molecular flexibility index (Phi) is 2.86. The highest BCUT2D eigenvalue weighted by Gasteiger charge is 2.39. The molecule has 0 aliphatic carbocycles. The van der Waals surface area contributed by atoms with Crippen LogP contribution in [0.4, 0.5) is 29.7 Å². The molecule has 0 fully saturated rings. The van der Waals surface area contributed by atoms with Gasteiger partial charge in [0.1, 0.15) is 5.01 Å². The van der Waals surface area contributed by atoms with Crippen LogP contribution >= 0.6 is 11.3 Å². The van der Waals surface area contributed by atoms with Crippen molar-refractivity contribution in [2.45, 2.75) is 13.1 Å². The van der Waals surface area contributed by atoms with Gasteiger partial charge >= 0.3 is 6.18 Å². The Bertz CT molecular complexity index is 652. The number of rotatable bonds is 1. The Hall–Kier alpha value is -1.83. The van der Waals surface area contributed by atoms with Crippen molar-refractivity contribution in [2.75, 3.05) is 23.5 Å². The van der Waals surface area contributed by atoms with Gasteiger partial charge in [-0.25, -0.2) is 0 Å². The fourth-order valence-corrected chi connectivity index (χ4v) is 2.99. The quantitative estimate of drug-likeness (QED) is 0.808. The molecule has 20 heavy (non-hydrogen) atoms. The summed E-state index contributed by atoms with van der Waals surface area (Å²) in [7, 11) is 1.64. The van der Waals surface area contributed by atoms with E-state index in [1.54, 1.807) is 22.9 Å². The van der Waals surface area contributed by atoms with Crippen LogP contribution in [0, 0.1) is 6.92 Å². The Morgan fingerprint density at radius 2 is 2.00 bits per heavy atom. The van der Waals surface area contributed by atoms with Gasteiger partial charge in [0.25, 0.3) is 0 Å². The van der Waals surface area contributed by atoms with E-state index in [1.807, 2.05) is 6.92 Å². The van der Waals surface area contributed by atoms with E-state index in [1.165, 1.54) is 17.4 Å². The number of alkyl halides is 3. The molecule has 0 saturated heterocycles. The first-order valence-corrected chi connectivity index (χ1v) is 6.68. The number of halogens is 3. The molecule has 0 spiro atoms. The van der Waals surface area contributed by atoms with Gasteiger partial charge in [-0.1, -0.05) is 17.4 Å². The molecule has 0 unspecified atom stereocenters. The average Bonchev–Trinajstić information content (AvgIpc) is 2.93. The van der Waals surface area contributed by atoms with Gasteiger partial charge in [0.05, 0.1) is 23.6 Å². The van der Waals surface area contributed by atoms with Gasteiger partial charge in [0.2, 0.25) is 5.13 Å². The number of hydrogen-bond acceptors (Lipinski definition) is 5. The second-order valence-corrected chi connectivity index (χ2v) is 5.70. The van der Waals surface area contributed by atoms with Crippen molar-refractivity contribution in [2.24, 2.45) is 0 Å². The third kappa shape index (κ3) is 2.00. The van der Waals surface area contributed by atoms with Gasteiger partial charge in [-0.05, 0) is 19.1 Å². The van der Waals surface area contributed by atoms with Crippen LogP contribution in [-0.4, -0.2) is 23.9 Å². The van der Waals surface area contributed by atoms with Gasteiger partial charge in [-0.15, -0.1) is 10.2 Å². The largest absolute Gasteiger partial charge is 0.418 e. The number of nitrogens with zero attached hydrogens (tertiary/aromatic N) is 4. The van der Waals surface area contributed by atoms with Crippen molar-refractivity contribution >= 4 is 27.8 Å². The molecule has 0 bridgehead atoms. The highest BCUT2D eigenvalue weighted by atomic mass is 32.1. The van der Waals surface area contributed by atoms with E-state index < -0.39 is 11.7 Å². The minimum absolute atomic E-state index is 0.188. The summed E-state index contributed by atoms with van der Waals surface area (Å²) in [4.78, 5) is 3.32. The first-order valence-electron chi connectivity index (χ1n) is 5.87. The number of aryl methyl sites for hydroxylation is 1. The molecule has 106 valence electrons. The van der Waals surface area contributed by atoms with E-state index in [0.29, 0.717) is 17.5 Å². The minimum Gasteiger partial charge on any atom is -0.354 e. The summed E-state index contributed by atoms with van der Waals surface area (Å²) < 4.78 is 39.2. The molecular weight excluding hydrogens is 289 g/mol. The summed E-state index contributed by atoms with van der Waals surface area (Å²) in [6.07, 6.45) is -4.37. The van der Waals surface area contributed by atoms with E-state index in [0.717, 1.165) is 11.1 Å². The summed E-state index contributed by atoms with van der Waals surface area (Å²) in [5.74, 6) is 0. The van der Waals surface area contributed by atoms with Gasteiger partial charge in [0.15, 0.2) is 0 Å². The van der Waals surface area contributed by atoms with E-state index in [2.05, 4.69) is 10.2 Å². The molecule has 0 saturated carbocycles. The SMILES string of the molecule is Cc1nnc(N2CN(C)c3c2cccc3C(F)(F)F)s1. The summed E-state index contributed by atoms with van der Waals surface area (Å²) in [6.45, 7) is 2.14. The summed E-state index contributed by atoms with van der Waals surface area (Å²) in [6, 6.07) is 4.19. The predicted molar refractivity (Wildman–Crippen MR) is 71.5 cm³/mol. The van der Waals surface area contributed by atoms with Gasteiger partial charge in [-0.2, -0.15) is 13.2 Å². The monoisotopic (exact) mass is 300 g/mol. The van der Waals surface area contributed by atoms with Gasteiger partial charge in [-0.3, -0.25) is 4.90 Å². The lowest BCUT2D eigenvalue weighted by atomic mass is 10.1. The predicted octanol–water partition coefficient (Wildman–Crippen LogP) is 3.41. The molecule has 1 aromatic carbocycles. The van der Waals surface area contributed by atoms with Crippen LogP contribution in [0.5, 0.6) is 0 Å². The molecule has 0 amide bonds. The Morgan fingerprint density at radius 3 is 2.60 bits per heavy atom. The molecule has 8 heteroatoms. The van der Waals surface area contributed by atoms with Crippen molar-refractivity contribution < 1.29 is 13.2 Å². The average molecular weight is 300 g/mol. The number of fused-ring (bicyclic) bond motifs is 1. The maximum absolute atomic E-state index is 13.1. The molecule has 0 atom stereocenters. The number of anilines is 3. The first-order chi connectivity index (χ1) is 9.38. The third-order valence-electron chi connectivity index (χ3n) is 3.09. The summed E-state index contributed by atoms with van der Waals surface area (Å²) >= 11 is 1.36. The molecular formula is C12H11F3N4S.